The largest absolute Gasteiger partial charge is 0.297 e. The van der Waals surface area contributed by atoms with Gasteiger partial charge in [-0.2, -0.15) is 0 Å². The normalized spacial score (nSPS) is 15.2. The maximum absolute atomic E-state index is 11.1. The van der Waals surface area contributed by atoms with Crippen LogP contribution in [0.25, 0.3) is 5.00 Å². The van der Waals surface area contributed by atoms with E-state index in [1.807, 2.05) is 23.9 Å². The van der Waals surface area contributed by atoms with Crippen molar-refractivity contribution < 1.29 is 4.79 Å². The first-order valence-electron chi connectivity index (χ1n) is 5.49. The zero-order chi connectivity index (χ0) is 12.0. The molecule has 1 aliphatic carbocycles. The number of carbonyl (C=O) groups is 1. The molecule has 0 aliphatic heterocycles. The van der Waals surface area contributed by atoms with Crippen molar-refractivity contribution in [1.29, 1.82) is 0 Å². The molecule has 0 atom stereocenters. The second-order valence-electron chi connectivity index (χ2n) is 4.35. The lowest BCUT2D eigenvalue weighted by Gasteiger charge is -1.98. The molecule has 88 valence electrons. The molecule has 3 nitrogen and oxygen atoms in total. The zero-order valence-corrected chi connectivity index (χ0v) is 10.9. The van der Waals surface area contributed by atoms with Gasteiger partial charge in [0.15, 0.2) is 0 Å². The fourth-order valence-corrected chi connectivity index (χ4v) is 2.98. The van der Waals surface area contributed by atoms with E-state index < -0.39 is 5.24 Å². The maximum Gasteiger partial charge on any atom is 0.262 e. The highest BCUT2D eigenvalue weighted by Gasteiger charge is 2.26. The van der Waals surface area contributed by atoms with Crippen molar-refractivity contribution in [2.75, 3.05) is 0 Å². The van der Waals surface area contributed by atoms with Gasteiger partial charge in [0.05, 0.1) is 10.6 Å². The van der Waals surface area contributed by atoms with Gasteiger partial charge in [-0.15, -0.1) is 11.3 Å². The summed E-state index contributed by atoms with van der Waals surface area (Å²) in [6.07, 6.45) is 6.35. The zero-order valence-electron chi connectivity index (χ0n) is 9.31. The highest BCUT2D eigenvalue weighted by molar-refractivity contribution is 7.18. The first-order chi connectivity index (χ1) is 8.15. The Bertz CT molecular complexity index is 583. The molecule has 1 fully saturated rings. The Morgan fingerprint density at radius 1 is 1.59 bits per heavy atom. The summed E-state index contributed by atoms with van der Waals surface area (Å²) in [6, 6.07) is 1.83. The van der Waals surface area contributed by atoms with E-state index in [0.29, 0.717) is 10.8 Å². The van der Waals surface area contributed by atoms with Gasteiger partial charge >= 0.3 is 0 Å². The first-order valence-corrected chi connectivity index (χ1v) is 6.69. The molecule has 0 N–H and O–H groups in total. The van der Waals surface area contributed by atoms with Gasteiger partial charge in [-0.3, -0.25) is 9.36 Å². The predicted molar refractivity (Wildman–Crippen MR) is 68.3 cm³/mol. The number of thiophene rings is 1. The van der Waals surface area contributed by atoms with Crippen LogP contribution in [0.3, 0.4) is 0 Å². The molecule has 2 aromatic heterocycles. The summed E-state index contributed by atoms with van der Waals surface area (Å²) in [5, 5.41) is 0.625. The highest BCUT2D eigenvalue weighted by Crippen LogP contribution is 2.39. The van der Waals surface area contributed by atoms with Crippen molar-refractivity contribution in [2.45, 2.75) is 25.7 Å². The van der Waals surface area contributed by atoms with Gasteiger partial charge in [0.1, 0.15) is 11.3 Å². The molecule has 0 radical (unpaired) electrons. The summed E-state index contributed by atoms with van der Waals surface area (Å²) in [7, 11) is 0. The average molecular weight is 267 g/mol. The molecule has 0 spiro atoms. The van der Waals surface area contributed by atoms with Crippen LogP contribution >= 0.6 is 22.9 Å². The fourth-order valence-electron chi connectivity index (χ4n) is 1.86. The molecule has 0 amide bonds. The molecule has 1 saturated carbocycles. The van der Waals surface area contributed by atoms with E-state index in [9.17, 15) is 4.79 Å². The summed E-state index contributed by atoms with van der Waals surface area (Å²) in [5.74, 6) is 0.644. The Morgan fingerprint density at radius 3 is 2.94 bits per heavy atom. The quantitative estimate of drug-likeness (QED) is 0.797. The van der Waals surface area contributed by atoms with Crippen molar-refractivity contribution >= 4 is 28.2 Å². The van der Waals surface area contributed by atoms with Crippen LogP contribution in [-0.2, 0) is 0 Å². The smallest absolute Gasteiger partial charge is 0.262 e. The molecule has 0 bridgehead atoms. The van der Waals surface area contributed by atoms with Crippen molar-refractivity contribution in [3.63, 3.8) is 0 Å². The second-order valence-corrected chi connectivity index (χ2v) is 5.73. The molecule has 0 unspecified atom stereocenters. The molecular formula is C12H11ClN2OS. The second kappa shape index (κ2) is 3.96. The Balaban J connectivity index is 1.98. The number of nitrogens with zero attached hydrogens (tertiary/aromatic N) is 2. The van der Waals surface area contributed by atoms with E-state index in [1.54, 1.807) is 0 Å². The van der Waals surface area contributed by atoms with Crippen LogP contribution in [0.4, 0.5) is 0 Å². The third kappa shape index (κ3) is 2.03. The van der Waals surface area contributed by atoms with Gasteiger partial charge in [0, 0.05) is 12.1 Å². The van der Waals surface area contributed by atoms with Gasteiger partial charge in [-0.1, -0.05) is 0 Å². The van der Waals surface area contributed by atoms with Crippen LogP contribution in [0.15, 0.2) is 18.6 Å². The van der Waals surface area contributed by atoms with E-state index in [2.05, 4.69) is 11.2 Å². The van der Waals surface area contributed by atoms with E-state index in [-0.39, 0.29) is 0 Å². The summed E-state index contributed by atoms with van der Waals surface area (Å²) in [6.45, 7) is 1.98. The first kappa shape index (κ1) is 11.0. The molecule has 0 saturated heterocycles. The average Bonchev–Trinajstić information content (AvgIpc) is 2.88. The minimum atomic E-state index is -0.396. The molecule has 3 rings (SSSR count). The summed E-state index contributed by atoms with van der Waals surface area (Å²) >= 11 is 6.90. The molecular weight excluding hydrogens is 256 g/mol. The van der Waals surface area contributed by atoms with E-state index in [4.69, 9.17) is 11.6 Å². The molecule has 0 aromatic carbocycles. The highest BCUT2D eigenvalue weighted by atomic mass is 35.5. The van der Waals surface area contributed by atoms with Crippen LogP contribution < -0.4 is 0 Å². The Hall–Kier alpha value is -1.13. The topological polar surface area (TPSA) is 34.9 Å². The van der Waals surface area contributed by atoms with E-state index in [0.717, 1.165) is 16.3 Å². The lowest BCUT2D eigenvalue weighted by Crippen LogP contribution is -1.87. The number of carbonyl (C=O) groups excluding carboxylic acids is 1. The summed E-state index contributed by atoms with van der Waals surface area (Å²) < 4.78 is 1.98. The Labute approximate surface area is 108 Å². The number of aromatic nitrogens is 2. The van der Waals surface area contributed by atoms with Crippen LogP contribution in [0.1, 0.15) is 39.7 Å². The number of hydrogen-bond donors (Lipinski definition) is 0. The van der Waals surface area contributed by atoms with Gasteiger partial charge < -0.3 is 0 Å². The monoisotopic (exact) mass is 266 g/mol. The van der Waals surface area contributed by atoms with Gasteiger partial charge in [0.2, 0.25) is 0 Å². The minimum Gasteiger partial charge on any atom is -0.297 e. The summed E-state index contributed by atoms with van der Waals surface area (Å²) in [5.41, 5.74) is 2.20. The Morgan fingerprint density at radius 2 is 2.35 bits per heavy atom. The lowest BCUT2D eigenvalue weighted by molar-refractivity contribution is 0.108. The number of imidazole rings is 1. The number of halogens is 1. The molecule has 1 aliphatic rings. The van der Waals surface area contributed by atoms with Crippen molar-refractivity contribution in [3.8, 4) is 5.00 Å². The van der Waals surface area contributed by atoms with Crippen molar-refractivity contribution in [3.05, 3.63) is 34.7 Å². The SMILES string of the molecule is Cc1cc(C(=O)Cl)sc1-n1cnc(C2CC2)c1. The van der Waals surface area contributed by atoms with Crippen LogP contribution in [0.2, 0.25) is 0 Å². The predicted octanol–water partition coefficient (Wildman–Crippen LogP) is 3.50. The third-order valence-corrected chi connectivity index (χ3v) is 4.48. The van der Waals surface area contributed by atoms with Crippen LogP contribution in [0.5, 0.6) is 0 Å². The van der Waals surface area contributed by atoms with E-state index in [1.165, 1.54) is 24.2 Å². The molecule has 2 aromatic rings. The molecule has 17 heavy (non-hydrogen) atoms. The molecule has 2 heterocycles. The third-order valence-electron chi connectivity index (χ3n) is 2.92. The number of rotatable bonds is 3. The standard InChI is InChI=1S/C12H11ClN2OS/c1-7-4-10(11(13)16)17-12(7)15-5-9(14-6-15)8-2-3-8/h4-6,8H,2-3H2,1H3. The fraction of sp³-hybridized carbons (Fsp3) is 0.333. The lowest BCUT2D eigenvalue weighted by atomic mass is 10.3. The minimum absolute atomic E-state index is 0.396. The van der Waals surface area contributed by atoms with Crippen molar-refractivity contribution in [1.82, 2.24) is 9.55 Å². The van der Waals surface area contributed by atoms with Gasteiger partial charge in [-0.25, -0.2) is 4.98 Å². The van der Waals surface area contributed by atoms with Gasteiger partial charge in [0.25, 0.3) is 5.24 Å². The van der Waals surface area contributed by atoms with Crippen LogP contribution in [0, 0.1) is 6.92 Å². The molecule has 5 heteroatoms. The Kier molecular flexibility index (Phi) is 2.56. The van der Waals surface area contributed by atoms with Gasteiger partial charge in [-0.05, 0) is 43.0 Å². The summed E-state index contributed by atoms with van der Waals surface area (Å²) in [4.78, 5) is 16.1. The van der Waals surface area contributed by atoms with Crippen LogP contribution in [-0.4, -0.2) is 14.8 Å². The number of hydrogen-bond acceptors (Lipinski definition) is 3. The van der Waals surface area contributed by atoms with E-state index >= 15 is 0 Å². The number of aryl methyl sites for hydroxylation is 1. The van der Waals surface area contributed by atoms with Crippen molar-refractivity contribution in [2.24, 2.45) is 0 Å². The maximum atomic E-state index is 11.1.